The topological polar surface area (TPSA) is 76.3 Å². The number of carbonyl (C=O) groups is 1. The smallest absolute Gasteiger partial charge is 0.275 e. The second-order valence-corrected chi connectivity index (χ2v) is 9.27. The molecule has 2 fully saturated rings. The van der Waals surface area contributed by atoms with Crippen LogP contribution in [0.15, 0.2) is 34.9 Å². The zero-order valence-corrected chi connectivity index (χ0v) is 19.5. The van der Waals surface area contributed by atoms with Crippen LogP contribution in [0.3, 0.4) is 0 Å². The maximum absolute atomic E-state index is 13.1. The van der Waals surface area contributed by atoms with Gasteiger partial charge in [-0.05, 0) is 30.2 Å². The molecule has 0 aliphatic carbocycles. The summed E-state index contributed by atoms with van der Waals surface area (Å²) in [6.07, 6.45) is 1.16. The molecule has 2 aliphatic rings. The molecule has 9 heteroatoms. The number of rotatable bonds is 7. The van der Waals surface area contributed by atoms with Gasteiger partial charge in [-0.3, -0.25) is 14.6 Å². The standard InChI is InChI=1S/C24H34FN5O3/c1-18(2)22(31)15-27-7-9-28(10-8-27)16-23-26-21(17-33-23)24(32)30-13-11-29(12-14-30)20-5-3-19(25)4-6-20/h3-6,17-18,22,31H,7-16H2,1-2H3. The lowest BCUT2D eigenvalue weighted by Crippen LogP contribution is -2.49. The summed E-state index contributed by atoms with van der Waals surface area (Å²) in [6, 6.07) is 6.45. The van der Waals surface area contributed by atoms with E-state index >= 15 is 0 Å². The van der Waals surface area contributed by atoms with E-state index in [-0.39, 0.29) is 23.7 Å². The van der Waals surface area contributed by atoms with E-state index < -0.39 is 0 Å². The van der Waals surface area contributed by atoms with Gasteiger partial charge in [0.25, 0.3) is 5.91 Å². The average molecular weight is 460 g/mol. The van der Waals surface area contributed by atoms with Crippen LogP contribution in [0.1, 0.15) is 30.2 Å². The van der Waals surface area contributed by atoms with Crippen molar-refractivity contribution in [3.63, 3.8) is 0 Å². The van der Waals surface area contributed by atoms with Crippen molar-refractivity contribution in [1.82, 2.24) is 19.7 Å². The predicted molar refractivity (Wildman–Crippen MR) is 124 cm³/mol. The van der Waals surface area contributed by atoms with Gasteiger partial charge in [0.1, 0.15) is 12.1 Å². The minimum absolute atomic E-state index is 0.115. The molecule has 1 aromatic heterocycles. The molecule has 33 heavy (non-hydrogen) atoms. The number of benzene rings is 1. The van der Waals surface area contributed by atoms with E-state index in [1.54, 1.807) is 17.0 Å². The van der Waals surface area contributed by atoms with Crippen LogP contribution in [0, 0.1) is 11.7 Å². The molecule has 1 N–H and O–H groups in total. The van der Waals surface area contributed by atoms with Gasteiger partial charge in [-0.1, -0.05) is 13.8 Å². The number of piperazine rings is 2. The van der Waals surface area contributed by atoms with Crippen molar-refractivity contribution in [3.05, 3.63) is 47.9 Å². The summed E-state index contributed by atoms with van der Waals surface area (Å²) < 4.78 is 18.8. The van der Waals surface area contributed by atoms with Gasteiger partial charge < -0.3 is 19.3 Å². The lowest BCUT2D eigenvalue weighted by Gasteiger charge is -2.35. The molecule has 3 heterocycles. The average Bonchev–Trinajstić information content (AvgIpc) is 3.29. The molecule has 4 rings (SSSR count). The Morgan fingerprint density at radius 2 is 1.67 bits per heavy atom. The van der Waals surface area contributed by atoms with Gasteiger partial charge >= 0.3 is 0 Å². The summed E-state index contributed by atoms with van der Waals surface area (Å²) in [4.78, 5) is 25.8. The number of carbonyl (C=O) groups excluding carboxylic acids is 1. The first-order valence-electron chi connectivity index (χ1n) is 11.8. The molecule has 2 aromatic rings. The first-order valence-corrected chi connectivity index (χ1v) is 11.8. The number of aromatic nitrogens is 1. The van der Waals surface area contributed by atoms with Crippen LogP contribution in [0.2, 0.25) is 0 Å². The van der Waals surface area contributed by atoms with Crippen LogP contribution in [0.4, 0.5) is 10.1 Å². The number of β-amino-alcohol motifs (C(OH)–C–C–N with tert-alkyl or cyclic N) is 1. The van der Waals surface area contributed by atoms with E-state index in [1.165, 1.54) is 18.4 Å². The highest BCUT2D eigenvalue weighted by Gasteiger charge is 2.26. The molecule has 1 amide bonds. The number of aliphatic hydroxyl groups is 1. The third-order valence-electron chi connectivity index (χ3n) is 6.57. The van der Waals surface area contributed by atoms with E-state index in [2.05, 4.69) is 19.7 Å². The third kappa shape index (κ3) is 6.10. The highest BCUT2D eigenvalue weighted by Crippen LogP contribution is 2.18. The number of anilines is 1. The van der Waals surface area contributed by atoms with Crippen molar-refractivity contribution in [3.8, 4) is 0 Å². The molecular formula is C24H34FN5O3. The highest BCUT2D eigenvalue weighted by atomic mass is 19.1. The summed E-state index contributed by atoms with van der Waals surface area (Å²) in [5.41, 5.74) is 1.31. The Morgan fingerprint density at radius 1 is 1.03 bits per heavy atom. The maximum atomic E-state index is 13.1. The Balaban J connectivity index is 1.23. The summed E-state index contributed by atoms with van der Waals surface area (Å²) in [5, 5.41) is 10.1. The van der Waals surface area contributed by atoms with Crippen LogP contribution >= 0.6 is 0 Å². The predicted octanol–water partition coefficient (Wildman–Crippen LogP) is 1.91. The van der Waals surface area contributed by atoms with Gasteiger partial charge in [-0.2, -0.15) is 0 Å². The van der Waals surface area contributed by atoms with E-state index in [0.717, 1.165) is 31.9 Å². The minimum atomic E-state index is -0.297. The molecular weight excluding hydrogens is 425 g/mol. The van der Waals surface area contributed by atoms with Crippen molar-refractivity contribution in [1.29, 1.82) is 0 Å². The number of amides is 1. The summed E-state index contributed by atoms with van der Waals surface area (Å²) in [5.74, 6) is 0.452. The van der Waals surface area contributed by atoms with Crippen molar-refractivity contribution < 1.29 is 18.7 Å². The molecule has 0 saturated carbocycles. The zero-order chi connectivity index (χ0) is 23.4. The highest BCUT2D eigenvalue weighted by molar-refractivity contribution is 5.92. The fraction of sp³-hybridized carbons (Fsp3) is 0.583. The minimum Gasteiger partial charge on any atom is -0.447 e. The van der Waals surface area contributed by atoms with Gasteiger partial charge in [0.05, 0.1) is 12.6 Å². The number of oxazole rings is 1. The molecule has 8 nitrogen and oxygen atoms in total. The van der Waals surface area contributed by atoms with E-state index in [4.69, 9.17) is 4.42 Å². The second-order valence-electron chi connectivity index (χ2n) is 9.27. The molecule has 1 atom stereocenters. The van der Waals surface area contributed by atoms with Crippen LogP contribution in [-0.4, -0.2) is 95.7 Å². The molecule has 0 bridgehead atoms. The van der Waals surface area contributed by atoms with Crippen LogP contribution in [0.25, 0.3) is 0 Å². The van der Waals surface area contributed by atoms with Crippen molar-refractivity contribution in [2.75, 3.05) is 63.8 Å². The van der Waals surface area contributed by atoms with E-state index in [9.17, 15) is 14.3 Å². The lowest BCUT2D eigenvalue weighted by molar-refractivity contribution is 0.0463. The van der Waals surface area contributed by atoms with Crippen molar-refractivity contribution >= 4 is 11.6 Å². The summed E-state index contributed by atoms with van der Waals surface area (Å²) >= 11 is 0. The number of halogens is 1. The maximum Gasteiger partial charge on any atom is 0.275 e. The van der Waals surface area contributed by atoms with E-state index in [0.29, 0.717) is 50.9 Å². The number of hydrogen-bond acceptors (Lipinski definition) is 7. The Morgan fingerprint density at radius 3 is 2.30 bits per heavy atom. The number of aliphatic hydroxyl groups excluding tert-OH is 1. The Labute approximate surface area is 194 Å². The molecule has 180 valence electrons. The summed E-state index contributed by atoms with van der Waals surface area (Å²) in [7, 11) is 0. The zero-order valence-electron chi connectivity index (χ0n) is 19.5. The Bertz CT molecular complexity index is 903. The fourth-order valence-corrected chi connectivity index (χ4v) is 4.26. The Hall–Kier alpha value is -2.49. The second kappa shape index (κ2) is 10.6. The van der Waals surface area contributed by atoms with Crippen molar-refractivity contribution in [2.24, 2.45) is 5.92 Å². The fourth-order valence-electron chi connectivity index (χ4n) is 4.26. The van der Waals surface area contributed by atoms with Gasteiger partial charge in [-0.15, -0.1) is 0 Å². The lowest BCUT2D eigenvalue weighted by atomic mass is 10.1. The summed E-state index contributed by atoms with van der Waals surface area (Å²) in [6.45, 7) is 11.5. The van der Waals surface area contributed by atoms with E-state index in [1.807, 2.05) is 13.8 Å². The van der Waals surface area contributed by atoms with Gasteiger partial charge in [0.15, 0.2) is 5.69 Å². The van der Waals surface area contributed by atoms with Gasteiger partial charge in [0.2, 0.25) is 5.89 Å². The van der Waals surface area contributed by atoms with Gasteiger partial charge in [0, 0.05) is 64.6 Å². The molecule has 0 spiro atoms. The third-order valence-corrected chi connectivity index (χ3v) is 6.57. The van der Waals surface area contributed by atoms with Crippen LogP contribution in [0.5, 0.6) is 0 Å². The van der Waals surface area contributed by atoms with Gasteiger partial charge in [-0.25, -0.2) is 9.37 Å². The quantitative estimate of drug-likeness (QED) is 0.678. The molecule has 1 aromatic carbocycles. The molecule has 1 unspecified atom stereocenters. The normalized spacial score (nSPS) is 19.3. The first-order chi connectivity index (χ1) is 15.9. The Kier molecular flexibility index (Phi) is 7.62. The first kappa shape index (κ1) is 23.7. The van der Waals surface area contributed by atoms with Crippen LogP contribution < -0.4 is 4.90 Å². The molecule has 2 saturated heterocycles. The largest absolute Gasteiger partial charge is 0.447 e. The van der Waals surface area contributed by atoms with Crippen molar-refractivity contribution in [2.45, 2.75) is 26.5 Å². The van der Waals surface area contributed by atoms with Crippen LogP contribution in [-0.2, 0) is 6.54 Å². The molecule has 0 radical (unpaired) electrons. The number of nitrogens with zero attached hydrogens (tertiary/aromatic N) is 5. The SMILES string of the molecule is CC(C)C(O)CN1CCN(Cc2nc(C(=O)N3CCN(c4ccc(F)cc4)CC3)co2)CC1. The number of hydrogen-bond donors (Lipinski definition) is 1. The monoisotopic (exact) mass is 459 g/mol. The molecule has 2 aliphatic heterocycles.